The topological polar surface area (TPSA) is 89.5 Å². The van der Waals surface area contributed by atoms with E-state index in [1.54, 1.807) is 26.2 Å². The van der Waals surface area contributed by atoms with Crippen molar-refractivity contribution >= 4 is 39.1 Å². The minimum Gasteiger partial charge on any atom is -0.496 e. The first-order valence-corrected chi connectivity index (χ1v) is 10.4. The molecule has 0 saturated carbocycles. The summed E-state index contributed by atoms with van der Waals surface area (Å²) in [5.74, 6) is -0.940. The van der Waals surface area contributed by atoms with Crippen molar-refractivity contribution in [1.82, 2.24) is 15.2 Å². The Kier molecular flexibility index (Phi) is 7.37. The van der Waals surface area contributed by atoms with E-state index in [0.717, 1.165) is 0 Å². The number of nitrogens with one attached hydrogen (secondary N) is 1. The number of carbonyl (C=O) groups is 1. The van der Waals surface area contributed by atoms with Gasteiger partial charge in [-0.15, -0.1) is 10.2 Å². The summed E-state index contributed by atoms with van der Waals surface area (Å²) < 4.78 is 25.3. The molecular weight excluding hydrogens is 445 g/mol. The summed E-state index contributed by atoms with van der Waals surface area (Å²) in [5.41, 5.74) is 1.15. The number of pyridine rings is 1. The van der Waals surface area contributed by atoms with Crippen molar-refractivity contribution in [3.63, 3.8) is 0 Å². The summed E-state index contributed by atoms with van der Waals surface area (Å²) >= 11 is 7.19. The number of benzene rings is 1. The lowest BCUT2D eigenvalue weighted by molar-refractivity contribution is 0.102. The highest BCUT2D eigenvalue weighted by Crippen LogP contribution is 2.38. The molecule has 3 aromatic rings. The van der Waals surface area contributed by atoms with Crippen molar-refractivity contribution in [3.05, 3.63) is 46.5 Å². The van der Waals surface area contributed by atoms with Gasteiger partial charge in [-0.25, -0.2) is 4.39 Å². The Hall–Kier alpha value is -2.82. The number of aryl methyl sites for hydroxylation is 1. The maximum Gasteiger partial charge on any atom is 0.259 e. The van der Waals surface area contributed by atoms with E-state index in [9.17, 15) is 9.18 Å². The molecule has 2 heterocycles. The van der Waals surface area contributed by atoms with Gasteiger partial charge in [-0.3, -0.25) is 15.1 Å². The molecule has 1 N–H and O–H groups in total. The molecular formula is C20H21ClFN5O3S. The Bertz CT molecular complexity index is 1090. The minimum atomic E-state index is -0.682. The molecule has 0 radical (unpaired) electrons. The molecule has 0 spiro atoms. The Labute approximate surface area is 188 Å². The van der Waals surface area contributed by atoms with E-state index in [1.165, 1.54) is 30.7 Å². The van der Waals surface area contributed by atoms with E-state index in [0.29, 0.717) is 34.7 Å². The summed E-state index contributed by atoms with van der Waals surface area (Å²) in [6.07, 6.45) is 1.38. The molecule has 8 nitrogen and oxygen atoms in total. The molecule has 0 bridgehead atoms. The highest BCUT2D eigenvalue weighted by molar-refractivity contribution is 7.19. The number of halogens is 2. The predicted octanol–water partition coefficient (Wildman–Crippen LogP) is 4.04. The van der Waals surface area contributed by atoms with Crippen LogP contribution in [0.1, 0.15) is 16.1 Å². The summed E-state index contributed by atoms with van der Waals surface area (Å²) in [6.45, 7) is 2.90. The van der Waals surface area contributed by atoms with Crippen LogP contribution in [-0.4, -0.2) is 55.5 Å². The molecule has 0 saturated heterocycles. The maximum atomic E-state index is 14.9. The van der Waals surface area contributed by atoms with Crippen LogP contribution in [-0.2, 0) is 4.74 Å². The quantitative estimate of drug-likeness (QED) is 0.536. The first-order chi connectivity index (χ1) is 14.8. The number of amides is 1. The molecule has 0 unspecified atom stereocenters. The van der Waals surface area contributed by atoms with Crippen molar-refractivity contribution in [2.24, 2.45) is 0 Å². The fourth-order valence-electron chi connectivity index (χ4n) is 2.81. The van der Waals surface area contributed by atoms with Gasteiger partial charge in [0, 0.05) is 38.2 Å². The predicted molar refractivity (Wildman–Crippen MR) is 119 cm³/mol. The number of ether oxygens (including phenoxy) is 2. The van der Waals surface area contributed by atoms with Gasteiger partial charge in [0.15, 0.2) is 5.82 Å². The lowest BCUT2D eigenvalue weighted by Crippen LogP contribution is -2.21. The highest BCUT2D eigenvalue weighted by atomic mass is 35.5. The van der Waals surface area contributed by atoms with Crippen molar-refractivity contribution in [1.29, 1.82) is 0 Å². The van der Waals surface area contributed by atoms with E-state index in [2.05, 4.69) is 20.5 Å². The molecule has 1 aromatic carbocycles. The summed E-state index contributed by atoms with van der Waals surface area (Å²) in [4.78, 5) is 19.1. The van der Waals surface area contributed by atoms with Gasteiger partial charge in [0.25, 0.3) is 5.91 Å². The number of methoxy groups -OCH3 is 2. The zero-order valence-corrected chi connectivity index (χ0v) is 19.0. The Morgan fingerprint density at radius 1 is 1.32 bits per heavy atom. The smallest absolute Gasteiger partial charge is 0.259 e. The number of carbonyl (C=O) groups excluding carboxylic acids is 1. The molecule has 0 aliphatic rings. The normalized spacial score (nSPS) is 10.8. The van der Waals surface area contributed by atoms with Gasteiger partial charge >= 0.3 is 0 Å². The van der Waals surface area contributed by atoms with Crippen LogP contribution in [0.5, 0.6) is 5.75 Å². The van der Waals surface area contributed by atoms with Crippen LogP contribution in [0.4, 0.5) is 14.7 Å². The molecule has 3 rings (SSSR count). The zero-order valence-electron chi connectivity index (χ0n) is 17.4. The number of aromatic nitrogens is 3. The Balaban J connectivity index is 1.94. The van der Waals surface area contributed by atoms with Crippen LogP contribution in [0.15, 0.2) is 24.4 Å². The number of rotatable bonds is 8. The number of anilines is 2. The summed E-state index contributed by atoms with van der Waals surface area (Å²) in [6, 6.07) is 4.55. The van der Waals surface area contributed by atoms with Gasteiger partial charge in [-0.2, -0.15) is 0 Å². The Morgan fingerprint density at radius 2 is 2.10 bits per heavy atom. The van der Waals surface area contributed by atoms with E-state index < -0.39 is 11.7 Å². The monoisotopic (exact) mass is 465 g/mol. The molecule has 0 aliphatic carbocycles. The number of hydrogen-bond acceptors (Lipinski definition) is 8. The number of nitrogens with zero attached hydrogens (tertiary/aromatic N) is 4. The lowest BCUT2D eigenvalue weighted by atomic mass is 9.98. The molecule has 11 heteroatoms. The van der Waals surface area contributed by atoms with E-state index in [4.69, 9.17) is 21.1 Å². The standard InChI is InChI=1S/C20H21ClFN5O3S/c1-11-9-12(16-15(30-4)6-5-14(21)17(16)22)13(10-23-11)18(28)24-19-25-26-20(31-19)27(2)7-8-29-3/h5-6,9-10H,7-8H2,1-4H3,(H,24,25,28). The molecule has 2 aromatic heterocycles. The van der Waals surface area contributed by atoms with Gasteiger partial charge in [-0.05, 0) is 25.1 Å². The lowest BCUT2D eigenvalue weighted by Gasteiger charge is -2.15. The molecule has 0 atom stereocenters. The van der Waals surface area contributed by atoms with Crippen molar-refractivity contribution < 1.29 is 18.7 Å². The van der Waals surface area contributed by atoms with Crippen molar-refractivity contribution in [2.75, 3.05) is 44.6 Å². The fraction of sp³-hybridized carbons (Fsp3) is 0.300. The number of hydrogen-bond donors (Lipinski definition) is 1. The minimum absolute atomic E-state index is 0.0792. The van der Waals surface area contributed by atoms with Crippen LogP contribution in [0.2, 0.25) is 5.02 Å². The fourth-order valence-corrected chi connectivity index (χ4v) is 3.69. The third kappa shape index (κ3) is 5.09. The van der Waals surface area contributed by atoms with Crippen LogP contribution in [0, 0.1) is 12.7 Å². The highest BCUT2D eigenvalue weighted by Gasteiger charge is 2.23. The largest absolute Gasteiger partial charge is 0.496 e. The van der Waals surface area contributed by atoms with Gasteiger partial charge < -0.3 is 14.4 Å². The number of likely N-dealkylation sites (N-methyl/N-ethyl adjacent to an activating group) is 1. The second-order valence-electron chi connectivity index (χ2n) is 6.57. The van der Waals surface area contributed by atoms with Crippen LogP contribution < -0.4 is 15.0 Å². The van der Waals surface area contributed by atoms with Gasteiger partial charge in [0.05, 0.1) is 29.9 Å². The summed E-state index contributed by atoms with van der Waals surface area (Å²) in [5, 5.41) is 11.6. The van der Waals surface area contributed by atoms with Crippen molar-refractivity contribution in [3.8, 4) is 16.9 Å². The van der Waals surface area contributed by atoms with Crippen molar-refractivity contribution in [2.45, 2.75) is 6.92 Å². The van der Waals surface area contributed by atoms with Gasteiger partial charge in [0.2, 0.25) is 10.3 Å². The van der Waals surface area contributed by atoms with Crippen LogP contribution in [0.25, 0.3) is 11.1 Å². The van der Waals surface area contributed by atoms with E-state index >= 15 is 0 Å². The molecule has 1 amide bonds. The molecule has 164 valence electrons. The molecule has 0 aliphatic heterocycles. The van der Waals surface area contributed by atoms with Gasteiger partial charge in [0.1, 0.15) is 5.75 Å². The van der Waals surface area contributed by atoms with Gasteiger partial charge in [-0.1, -0.05) is 22.9 Å². The third-order valence-electron chi connectivity index (χ3n) is 4.42. The zero-order chi connectivity index (χ0) is 22.5. The second-order valence-corrected chi connectivity index (χ2v) is 7.93. The maximum absolute atomic E-state index is 14.9. The first kappa shape index (κ1) is 22.9. The molecule has 0 fully saturated rings. The van der Waals surface area contributed by atoms with E-state index in [-0.39, 0.29) is 21.9 Å². The van der Waals surface area contributed by atoms with Crippen LogP contribution in [0.3, 0.4) is 0 Å². The molecule has 31 heavy (non-hydrogen) atoms. The second kappa shape index (κ2) is 9.99. The average molecular weight is 466 g/mol. The summed E-state index contributed by atoms with van der Waals surface area (Å²) in [7, 11) is 4.88. The van der Waals surface area contributed by atoms with Crippen LogP contribution >= 0.6 is 22.9 Å². The van der Waals surface area contributed by atoms with E-state index in [1.807, 2.05) is 11.9 Å². The SMILES string of the molecule is COCCN(C)c1nnc(NC(=O)c2cnc(C)cc2-c2c(OC)ccc(Cl)c2F)s1. The average Bonchev–Trinajstić information content (AvgIpc) is 3.22. The third-order valence-corrected chi connectivity index (χ3v) is 5.67. The first-order valence-electron chi connectivity index (χ1n) is 9.19. The Morgan fingerprint density at radius 3 is 2.81 bits per heavy atom.